The highest BCUT2D eigenvalue weighted by Crippen LogP contribution is 2.37. The zero-order valence-electron chi connectivity index (χ0n) is 10.4. The topological polar surface area (TPSA) is 63.8 Å². The molecule has 0 aliphatic carbocycles. The van der Waals surface area contributed by atoms with Crippen molar-refractivity contribution in [3.8, 4) is 0 Å². The fourth-order valence-electron chi connectivity index (χ4n) is 1.94. The average Bonchev–Trinajstić information content (AvgIpc) is 2.39. The van der Waals surface area contributed by atoms with E-state index < -0.39 is 0 Å². The second-order valence-corrected chi connectivity index (χ2v) is 6.00. The first-order valence-electron chi connectivity index (χ1n) is 6.18. The number of thioether (sulfide) groups is 1. The highest BCUT2D eigenvalue weighted by Gasteiger charge is 2.20. The largest absolute Gasteiger partial charge is 0.308 e. The molecule has 0 bridgehead atoms. The number of rotatable bonds is 3. The van der Waals surface area contributed by atoms with Gasteiger partial charge in [-0.2, -0.15) is 11.8 Å². The smallest absolute Gasteiger partial charge is 0.144 e. The van der Waals surface area contributed by atoms with Crippen LogP contribution < -0.4 is 11.3 Å². The van der Waals surface area contributed by atoms with E-state index in [1.165, 1.54) is 25.0 Å². The van der Waals surface area contributed by atoms with E-state index >= 15 is 0 Å². The number of nitrogens with one attached hydrogen (secondary N) is 1. The van der Waals surface area contributed by atoms with Gasteiger partial charge in [0.25, 0.3) is 0 Å². The van der Waals surface area contributed by atoms with Gasteiger partial charge in [0.05, 0.1) is 5.25 Å². The SMILES string of the molecule is CC(C)c1cc(NN)nc(C2CCCCS2)n1. The van der Waals surface area contributed by atoms with Gasteiger partial charge in [-0.3, -0.25) is 0 Å². The van der Waals surface area contributed by atoms with E-state index in [4.69, 9.17) is 5.84 Å². The van der Waals surface area contributed by atoms with Gasteiger partial charge in [-0.15, -0.1) is 0 Å². The summed E-state index contributed by atoms with van der Waals surface area (Å²) in [6, 6.07) is 1.93. The molecule has 1 aromatic heterocycles. The van der Waals surface area contributed by atoms with Crippen molar-refractivity contribution in [2.45, 2.75) is 44.3 Å². The standard InChI is InChI=1S/C12H20N4S/c1-8(2)9-7-11(16-13)15-12(14-9)10-5-3-4-6-17-10/h7-8,10H,3-6,13H2,1-2H3,(H,14,15,16). The Kier molecular flexibility index (Phi) is 4.23. The predicted molar refractivity (Wildman–Crippen MR) is 73.0 cm³/mol. The van der Waals surface area contributed by atoms with Crippen LogP contribution in [0.4, 0.5) is 5.82 Å². The molecule has 0 radical (unpaired) electrons. The summed E-state index contributed by atoms with van der Waals surface area (Å²) in [6.07, 6.45) is 3.77. The summed E-state index contributed by atoms with van der Waals surface area (Å²) >= 11 is 1.96. The van der Waals surface area contributed by atoms with Crippen molar-refractivity contribution in [3.63, 3.8) is 0 Å². The molecule has 2 rings (SSSR count). The van der Waals surface area contributed by atoms with Crippen molar-refractivity contribution in [1.29, 1.82) is 0 Å². The van der Waals surface area contributed by atoms with E-state index in [1.54, 1.807) is 0 Å². The summed E-state index contributed by atoms with van der Waals surface area (Å²) in [4.78, 5) is 9.17. The molecule has 1 unspecified atom stereocenters. The molecule has 0 spiro atoms. The van der Waals surface area contributed by atoms with Crippen molar-refractivity contribution < 1.29 is 0 Å². The summed E-state index contributed by atoms with van der Waals surface area (Å²) < 4.78 is 0. The summed E-state index contributed by atoms with van der Waals surface area (Å²) in [5, 5.41) is 0.439. The molecular weight excluding hydrogens is 232 g/mol. The number of nitrogens with zero attached hydrogens (tertiary/aromatic N) is 2. The fourth-order valence-corrected chi connectivity index (χ4v) is 3.19. The van der Waals surface area contributed by atoms with Gasteiger partial charge in [-0.25, -0.2) is 15.8 Å². The molecule has 0 aromatic carbocycles. The molecule has 2 heterocycles. The highest BCUT2D eigenvalue weighted by molar-refractivity contribution is 7.99. The van der Waals surface area contributed by atoms with Gasteiger partial charge in [0.2, 0.25) is 0 Å². The van der Waals surface area contributed by atoms with E-state index in [-0.39, 0.29) is 0 Å². The molecule has 94 valence electrons. The second kappa shape index (κ2) is 5.69. The lowest BCUT2D eigenvalue weighted by molar-refractivity contribution is 0.654. The van der Waals surface area contributed by atoms with Crippen LogP contribution in [0.2, 0.25) is 0 Å². The Morgan fingerprint density at radius 3 is 2.82 bits per heavy atom. The first-order valence-corrected chi connectivity index (χ1v) is 7.22. The zero-order valence-corrected chi connectivity index (χ0v) is 11.3. The molecule has 0 amide bonds. The Morgan fingerprint density at radius 2 is 2.24 bits per heavy atom. The van der Waals surface area contributed by atoms with E-state index in [2.05, 4.69) is 29.2 Å². The Morgan fingerprint density at radius 1 is 1.41 bits per heavy atom. The third-order valence-electron chi connectivity index (χ3n) is 2.97. The number of nitrogens with two attached hydrogens (primary N) is 1. The van der Waals surface area contributed by atoms with Crippen LogP contribution in [0.1, 0.15) is 55.8 Å². The van der Waals surface area contributed by atoms with E-state index in [1.807, 2.05) is 17.8 Å². The third kappa shape index (κ3) is 3.10. The minimum Gasteiger partial charge on any atom is -0.308 e. The first kappa shape index (κ1) is 12.6. The maximum atomic E-state index is 5.47. The number of hydrogen-bond acceptors (Lipinski definition) is 5. The quantitative estimate of drug-likeness (QED) is 0.639. The lowest BCUT2D eigenvalue weighted by Gasteiger charge is -2.21. The molecule has 1 atom stereocenters. The summed E-state index contributed by atoms with van der Waals surface area (Å²) in [6.45, 7) is 4.28. The summed E-state index contributed by atoms with van der Waals surface area (Å²) in [7, 11) is 0. The third-order valence-corrected chi connectivity index (χ3v) is 4.34. The van der Waals surface area contributed by atoms with Crippen LogP contribution in [0.5, 0.6) is 0 Å². The average molecular weight is 252 g/mol. The Labute approximate surface area is 107 Å². The van der Waals surface area contributed by atoms with Crippen molar-refractivity contribution >= 4 is 17.6 Å². The first-order chi connectivity index (χ1) is 8.20. The summed E-state index contributed by atoms with van der Waals surface area (Å²) in [5.74, 6) is 8.75. The molecule has 1 aliphatic heterocycles. The summed E-state index contributed by atoms with van der Waals surface area (Å²) in [5.41, 5.74) is 3.71. The van der Waals surface area contributed by atoms with Crippen molar-refractivity contribution in [1.82, 2.24) is 9.97 Å². The lowest BCUT2D eigenvalue weighted by Crippen LogP contribution is -2.14. The molecule has 4 nitrogen and oxygen atoms in total. The molecule has 1 fully saturated rings. The number of hydrazine groups is 1. The highest BCUT2D eigenvalue weighted by atomic mass is 32.2. The molecular formula is C12H20N4S. The van der Waals surface area contributed by atoms with E-state index in [0.29, 0.717) is 11.2 Å². The van der Waals surface area contributed by atoms with Gasteiger partial charge < -0.3 is 5.43 Å². The molecule has 1 aromatic rings. The van der Waals surface area contributed by atoms with E-state index in [9.17, 15) is 0 Å². The minimum atomic E-state index is 0.400. The molecule has 1 saturated heterocycles. The van der Waals surface area contributed by atoms with Gasteiger partial charge in [-0.1, -0.05) is 20.3 Å². The zero-order chi connectivity index (χ0) is 12.3. The minimum absolute atomic E-state index is 0.400. The predicted octanol–water partition coefficient (Wildman–Crippen LogP) is 2.84. The van der Waals surface area contributed by atoms with Gasteiger partial charge in [0.15, 0.2) is 0 Å². The Bertz CT molecular complexity index is 375. The number of anilines is 1. The van der Waals surface area contributed by atoms with Gasteiger partial charge in [-0.05, 0) is 24.5 Å². The lowest BCUT2D eigenvalue weighted by atomic mass is 10.1. The monoisotopic (exact) mass is 252 g/mol. The van der Waals surface area contributed by atoms with Crippen LogP contribution in [0.3, 0.4) is 0 Å². The van der Waals surface area contributed by atoms with Crippen molar-refractivity contribution in [2.24, 2.45) is 5.84 Å². The normalized spacial score (nSPS) is 20.6. The van der Waals surface area contributed by atoms with Crippen molar-refractivity contribution in [3.05, 3.63) is 17.6 Å². The molecule has 3 N–H and O–H groups in total. The molecule has 5 heteroatoms. The van der Waals surface area contributed by atoms with Crippen LogP contribution in [-0.2, 0) is 0 Å². The van der Waals surface area contributed by atoms with Crippen LogP contribution >= 0.6 is 11.8 Å². The Hall–Kier alpha value is -0.810. The Balaban J connectivity index is 2.28. The van der Waals surface area contributed by atoms with Gasteiger partial charge >= 0.3 is 0 Å². The maximum Gasteiger partial charge on any atom is 0.144 e. The number of aromatic nitrogens is 2. The molecule has 17 heavy (non-hydrogen) atoms. The van der Waals surface area contributed by atoms with Gasteiger partial charge in [0, 0.05) is 11.8 Å². The van der Waals surface area contributed by atoms with Gasteiger partial charge in [0.1, 0.15) is 11.6 Å². The molecule has 0 saturated carbocycles. The van der Waals surface area contributed by atoms with Crippen LogP contribution in [0, 0.1) is 0 Å². The molecule has 1 aliphatic rings. The maximum absolute atomic E-state index is 5.47. The number of nitrogen functional groups attached to an aromatic ring is 1. The van der Waals surface area contributed by atoms with Crippen molar-refractivity contribution in [2.75, 3.05) is 11.2 Å². The number of hydrogen-bond donors (Lipinski definition) is 2. The van der Waals surface area contributed by atoms with Crippen LogP contribution in [-0.4, -0.2) is 15.7 Å². The van der Waals surface area contributed by atoms with E-state index in [0.717, 1.165) is 17.3 Å². The van der Waals surface area contributed by atoms with Crippen LogP contribution in [0.25, 0.3) is 0 Å². The fraction of sp³-hybridized carbons (Fsp3) is 0.667. The van der Waals surface area contributed by atoms with Crippen LogP contribution in [0.15, 0.2) is 6.07 Å². The second-order valence-electron chi connectivity index (χ2n) is 4.69.